The van der Waals surface area contributed by atoms with Gasteiger partial charge in [0.15, 0.2) is 0 Å². The molecule has 6 heteroatoms. The summed E-state index contributed by atoms with van der Waals surface area (Å²) in [6.45, 7) is 1.97. The van der Waals surface area contributed by atoms with Crippen LogP contribution in [0.4, 0.5) is 0 Å². The standard InChI is InChI=1S/C15H19BrClNO3/c1-20-14-10-11(16)2-3-13(14)15(19)18-7-4-12(5-8-18)21-9-6-17/h2-3,10,12H,4-9H2,1H3. The van der Waals surface area contributed by atoms with E-state index in [0.717, 1.165) is 17.3 Å². The molecular weight excluding hydrogens is 358 g/mol. The third-order valence-electron chi connectivity index (χ3n) is 3.55. The zero-order chi connectivity index (χ0) is 15.2. The summed E-state index contributed by atoms with van der Waals surface area (Å²) in [5.74, 6) is 1.11. The normalized spacial score (nSPS) is 16.0. The van der Waals surface area contributed by atoms with Gasteiger partial charge in [0.2, 0.25) is 0 Å². The highest BCUT2D eigenvalue weighted by atomic mass is 79.9. The summed E-state index contributed by atoms with van der Waals surface area (Å²) in [5.41, 5.74) is 0.598. The van der Waals surface area contributed by atoms with Gasteiger partial charge in [-0.2, -0.15) is 0 Å². The van der Waals surface area contributed by atoms with E-state index in [0.29, 0.717) is 36.9 Å². The first-order chi connectivity index (χ1) is 10.2. The van der Waals surface area contributed by atoms with Crippen molar-refractivity contribution in [1.82, 2.24) is 4.90 Å². The molecule has 0 aliphatic carbocycles. The molecular formula is C15H19BrClNO3. The van der Waals surface area contributed by atoms with Gasteiger partial charge in [-0.15, -0.1) is 11.6 Å². The summed E-state index contributed by atoms with van der Waals surface area (Å²) < 4.78 is 11.8. The van der Waals surface area contributed by atoms with E-state index >= 15 is 0 Å². The summed E-state index contributed by atoms with van der Waals surface area (Å²) in [4.78, 5) is 14.4. The summed E-state index contributed by atoms with van der Waals surface area (Å²) >= 11 is 9.00. The number of nitrogens with zero attached hydrogens (tertiary/aromatic N) is 1. The van der Waals surface area contributed by atoms with Crippen LogP contribution in [-0.2, 0) is 4.74 Å². The lowest BCUT2D eigenvalue weighted by Gasteiger charge is -2.32. The van der Waals surface area contributed by atoms with Crippen molar-refractivity contribution in [3.63, 3.8) is 0 Å². The van der Waals surface area contributed by atoms with Crippen molar-refractivity contribution < 1.29 is 14.3 Å². The van der Waals surface area contributed by atoms with Gasteiger partial charge >= 0.3 is 0 Å². The minimum atomic E-state index is 0.00939. The topological polar surface area (TPSA) is 38.8 Å². The van der Waals surface area contributed by atoms with E-state index in [2.05, 4.69) is 15.9 Å². The number of rotatable bonds is 5. The van der Waals surface area contributed by atoms with Gasteiger partial charge < -0.3 is 14.4 Å². The molecule has 0 saturated carbocycles. The third-order valence-corrected chi connectivity index (χ3v) is 4.20. The van der Waals surface area contributed by atoms with Crippen LogP contribution in [0.5, 0.6) is 5.75 Å². The number of halogens is 2. The molecule has 0 atom stereocenters. The number of methoxy groups -OCH3 is 1. The highest BCUT2D eigenvalue weighted by Crippen LogP contribution is 2.26. The first-order valence-corrected chi connectivity index (χ1v) is 8.29. The largest absolute Gasteiger partial charge is 0.496 e. The molecule has 0 N–H and O–H groups in total. The minimum absolute atomic E-state index is 0.00939. The number of benzene rings is 1. The lowest BCUT2D eigenvalue weighted by Crippen LogP contribution is -2.41. The Hall–Kier alpha value is -0.780. The number of hydrogen-bond donors (Lipinski definition) is 0. The van der Waals surface area contributed by atoms with E-state index < -0.39 is 0 Å². The molecule has 0 unspecified atom stereocenters. The van der Waals surface area contributed by atoms with Crippen molar-refractivity contribution in [2.45, 2.75) is 18.9 Å². The summed E-state index contributed by atoms with van der Waals surface area (Å²) in [7, 11) is 1.57. The smallest absolute Gasteiger partial charge is 0.257 e. The molecule has 4 nitrogen and oxygen atoms in total. The highest BCUT2D eigenvalue weighted by molar-refractivity contribution is 9.10. The van der Waals surface area contributed by atoms with Crippen LogP contribution < -0.4 is 4.74 Å². The maximum absolute atomic E-state index is 12.6. The number of alkyl halides is 1. The molecule has 1 fully saturated rings. The van der Waals surface area contributed by atoms with E-state index in [1.807, 2.05) is 17.0 Å². The Labute approximate surface area is 138 Å². The maximum Gasteiger partial charge on any atom is 0.257 e. The Morgan fingerprint density at radius 3 is 2.76 bits per heavy atom. The Morgan fingerprint density at radius 1 is 1.43 bits per heavy atom. The fraction of sp³-hybridized carbons (Fsp3) is 0.533. The first-order valence-electron chi connectivity index (χ1n) is 6.96. The van der Waals surface area contributed by atoms with Gasteiger partial charge in [-0.05, 0) is 31.0 Å². The fourth-order valence-electron chi connectivity index (χ4n) is 2.45. The van der Waals surface area contributed by atoms with E-state index in [1.54, 1.807) is 13.2 Å². The number of likely N-dealkylation sites (tertiary alicyclic amines) is 1. The Morgan fingerprint density at radius 2 is 2.14 bits per heavy atom. The summed E-state index contributed by atoms with van der Waals surface area (Å²) in [5, 5.41) is 0. The van der Waals surface area contributed by atoms with Crippen LogP contribution in [0, 0.1) is 0 Å². The fourth-order valence-corrected chi connectivity index (χ4v) is 2.88. The molecule has 21 heavy (non-hydrogen) atoms. The van der Waals surface area contributed by atoms with Crippen LogP contribution in [0.25, 0.3) is 0 Å². The molecule has 1 heterocycles. The van der Waals surface area contributed by atoms with Gasteiger partial charge in [-0.3, -0.25) is 4.79 Å². The maximum atomic E-state index is 12.6. The predicted molar refractivity (Wildman–Crippen MR) is 86.3 cm³/mol. The molecule has 1 aromatic carbocycles. The Bertz CT molecular complexity index is 490. The average Bonchev–Trinajstić information content (AvgIpc) is 2.52. The van der Waals surface area contributed by atoms with Gasteiger partial charge in [0.05, 0.1) is 25.4 Å². The van der Waals surface area contributed by atoms with Crippen molar-refractivity contribution in [1.29, 1.82) is 0 Å². The van der Waals surface area contributed by atoms with E-state index in [-0.39, 0.29) is 12.0 Å². The quantitative estimate of drug-likeness (QED) is 0.740. The molecule has 1 aliphatic heterocycles. The van der Waals surface area contributed by atoms with E-state index in [4.69, 9.17) is 21.1 Å². The Kier molecular flexibility index (Phi) is 6.33. The monoisotopic (exact) mass is 375 g/mol. The zero-order valence-electron chi connectivity index (χ0n) is 12.0. The van der Waals surface area contributed by atoms with Crippen molar-refractivity contribution >= 4 is 33.4 Å². The number of amides is 1. The molecule has 1 saturated heterocycles. The number of hydrogen-bond acceptors (Lipinski definition) is 3. The summed E-state index contributed by atoms with van der Waals surface area (Å²) in [6.07, 6.45) is 1.91. The van der Waals surface area contributed by atoms with Gasteiger partial charge in [-0.25, -0.2) is 0 Å². The van der Waals surface area contributed by atoms with Gasteiger partial charge in [0.1, 0.15) is 5.75 Å². The van der Waals surface area contributed by atoms with Crippen molar-refractivity contribution in [3.05, 3.63) is 28.2 Å². The molecule has 116 valence electrons. The molecule has 1 aromatic rings. The lowest BCUT2D eigenvalue weighted by molar-refractivity contribution is 0.0153. The second-order valence-electron chi connectivity index (χ2n) is 4.90. The molecule has 0 spiro atoms. The number of ether oxygens (including phenoxy) is 2. The number of carbonyl (C=O) groups is 1. The van der Waals surface area contributed by atoms with Crippen LogP contribution >= 0.6 is 27.5 Å². The van der Waals surface area contributed by atoms with Crippen molar-refractivity contribution in [3.8, 4) is 5.75 Å². The number of piperidine rings is 1. The van der Waals surface area contributed by atoms with E-state index in [9.17, 15) is 4.79 Å². The average molecular weight is 377 g/mol. The lowest BCUT2D eigenvalue weighted by atomic mass is 10.1. The number of carbonyl (C=O) groups excluding carboxylic acids is 1. The molecule has 1 aliphatic rings. The second-order valence-corrected chi connectivity index (χ2v) is 6.19. The second kappa shape index (κ2) is 8.01. The third kappa shape index (κ3) is 4.34. The van der Waals surface area contributed by atoms with Crippen molar-refractivity contribution in [2.24, 2.45) is 0 Å². The van der Waals surface area contributed by atoms with Gasteiger partial charge in [0, 0.05) is 23.4 Å². The molecule has 0 radical (unpaired) electrons. The molecule has 1 amide bonds. The Balaban J connectivity index is 1.99. The minimum Gasteiger partial charge on any atom is -0.496 e. The first kappa shape index (κ1) is 16.6. The molecule has 2 rings (SSSR count). The van der Waals surface area contributed by atoms with E-state index in [1.165, 1.54) is 0 Å². The van der Waals surface area contributed by atoms with Crippen LogP contribution in [0.15, 0.2) is 22.7 Å². The van der Waals surface area contributed by atoms with Gasteiger partial charge in [0.25, 0.3) is 5.91 Å². The molecule has 0 aromatic heterocycles. The van der Waals surface area contributed by atoms with Crippen LogP contribution in [0.1, 0.15) is 23.2 Å². The highest BCUT2D eigenvalue weighted by Gasteiger charge is 2.25. The van der Waals surface area contributed by atoms with Crippen molar-refractivity contribution in [2.75, 3.05) is 32.7 Å². The zero-order valence-corrected chi connectivity index (χ0v) is 14.3. The van der Waals surface area contributed by atoms with Crippen LogP contribution in [0.2, 0.25) is 0 Å². The molecule has 0 bridgehead atoms. The van der Waals surface area contributed by atoms with Crippen LogP contribution in [-0.4, -0.2) is 49.6 Å². The van der Waals surface area contributed by atoms with Crippen LogP contribution in [0.3, 0.4) is 0 Å². The van der Waals surface area contributed by atoms with Gasteiger partial charge in [-0.1, -0.05) is 15.9 Å². The summed E-state index contributed by atoms with van der Waals surface area (Å²) in [6, 6.07) is 5.46. The SMILES string of the molecule is COc1cc(Br)ccc1C(=O)N1CCC(OCCCl)CC1. The predicted octanol–water partition coefficient (Wildman–Crippen LogP) is 3.32.